The highest BCUT2D eigenvalue weighted by atomic mass is 16.5. The summed E-state index contributed by atoms with van der Waals surface area (Å²) in [6.45, 7) is 0. The van der Waals surface area contributed by atoms with Crippen LogP contribution in [0.3, 0.4) is 0 Å². The Kier molecular flexibility index (Phi) is 3.08. The van der Waals surface area contributed by atoms with Gasteiger partial charge >= 0.3 is 5.97 Å². The molecule has 0 aliphatic heterocycles. The molecule has 1 aliphatic rings. The summed E-state index contributed by atoms with van der Waals surface area (Å²) in [6, 6.07) is 3.03. The second-order valence-electron chi connectivity index (χ2n) is 4.00. The lowest BCUT2D eigenvalue weighted by atomic mass is 10.0. The molecular weight excluding hydrogens is 208 g/mol. The third-order valence-electron chi connectivity index (χ3n) is 2.96. The molecule has 86 valence electrons. The zero-order chi connectivity index (χ0) is 11.5. The molecule has 0 amide bonds. The minimum Gasteiger partial charge on any atom is -0.463 e. The van der Waals surface area contributed by atoms with E-state index in [1.54, 1.807) is 6.07 Å². The summed E-state index contributed by atoms with van der Waals surface area (Å²) < 4.78 is 9.70. The van der Waals surface area contributed by atoms with Crippen molar-refractivity contribution in [3.05, 3.63) is 23.7 Å². The summed E-state index contributed by atoms with van der Waals surface area (Å²) in [7, 11) is 1.28. The largest absolute Gasteiger partial charge is 0.463 e. The Bertz CT molecular complexity index is 399. The molecule has 0 N–H and O–H groups in total. The summed E-state index contributed by atoms with van der Waals surface area (Å²) in [5, 5.41) is 0. The highest BCUT2D eigenvalue weighted by Gasteiger charge is 2.26. The summed E-state index contributed by atoms with van der Waals surface area (Å²) >= 11 is 0. The molecule has 0 aromatic carbocycles. The van der Waals surface area contributed by atoms with Gasteiger partial charge in [-0.3, -0.25) is 4.79 Å². The van der Waals surface area contributed by atoms with Crippen LogP contribution in [0.15, 0.2) is 16.5 Å². The van der Waals surface area contributed by atoms with E-state index in [1.807, 2.05) is 0 Å². The molecule has 1 aliphatic carbocycles. The van der Waals surface area contributed by atoms with Crippen molar-refractivity contribution < 1.29 is 18.7 Å². The van der Waals surface area contributed by atoms with Crippen LogP contribution in [0, 0.1) is 5.92 Å². The second-order valence-corrected chi connectivity index (χ2v) is 4.00. The van der Waals surface area contributed by atoms with Gasteiger partial charge in [0.15, 0.2) is 5.76 Å². The van der Waals surface area contributed by atoms with Gasteiger partial charge < -0.3 is 9.15 Å². The first kappa shape index (κ1) is 10.9. The van der Waals surface area contributed by atoms with Gasteiger partial charge in [0.1, 0.15) is 0 Å². The van der Waals surface area contributed by atoms with Crippen molar-refractivity contribution in [1.29, 1.82) is 0 Å². The number of furan rings is 1. The Morgan fingerprint density at radius 3 is 2.50 bits per heavy atom. The van der Waals surface area contributed by atoms with E-state index < -0.39 is 5.97 Å². The maximum absolute atomic E-state index is 11.9. The van der Waals surface area contributed by atoms with Gasteiger partial charge in [0, 0.05) is 5.92 Å². The number of carbonyl (C=O) groups is 2. The highest BCUT2D eigenvalue weighted by Crippen LogP contribution is 2.28. The smallest absolute Gasteiger partial charge is 0.373 e. The molecule has 16 heavy (non-hydrogen) atoms. The van der Waals surface area contributed by atoms with E-state index in [-0.39, 0.29) is 23.2 Å². The van der Waals surface area contributed by atoms with Gasteiger partial charge in [-0.25, -0.2) is 4.79 Å². The summed E-state index contributed by atoms with van der Waals surface area (Å²) in [5.41, 5.74) is 0. The van der Waals surface area contributed by atoms with Gasteiger partial charge in [0.2, 0.25) is 11.5 Å². The van der Waals surface area contributed by atoms with Gasteiger partial charge in [0.05, 0.1) is 7.11 Å². The number of rotatable bonds is 3. The summed E-state index contributed by atoms with van der Waals surface area (Å²) in [6.07, 6.45) is 4.04. The number of carbonyl (C=O) groups excluding carboxylic acids is 2. The Morgan fingerprint density at radius 2 is 1.88 bits per heavy atom. The molecule has 1 aromatic rings. The molecule has 1 aromatic heterocycles. The first-order valence-electron chi connectivity index (χ1n) is 5.44. The molecule has 4 heteroatoms. The van der Waals surface area contributed by atoms with Crippen LogP contribution in [0.25, 0.3) is 0 Å². The molecular formula is C12H14O4. The minimum absolute atomic E-state index is 0.00709. The molecule has 0 unspecified atom stereocenters. The SMILES string of the molecule is COC(=O)c1ccc(C(=O)C2CCCC2)o1. The van der Waals surface area contributed by atoms with Crippen LogP contribution in [0.2, 0.25) is 0 Å². The van der Waals surface area contributed by atoms with Crippen molar-refractivity contribution in [3.63, 3.8) is 0 Å². The van der Waals surface area contributed by atoms with E-state index in [2.05, 4.69) is 4.74 Å². The minimum atomic E-state index is -0.550. The van der Waals surface area contributed by atoms with Crippen LogP contribution in [0.5, 0.6) is 0 Å². The molecule has 0 radical (unpaired) electrons. The van der Waals surface area contributed by atoms with Crippen LogP contribution >= 0.6 is 0 Å². The Labute approximate surface area is 93.6 Å². The van der Waals surface area contributed by atoms with Crippen molar-refractivity contribution in [3.8, 4) is 0 Å². The number of methoxy groups -OCH3 is 1. The molecule has 1 saturated carbocycles. The van der Waals surface area contributed by atoms with Crippen molar-refractivity contribution in [2.24, 2.45) is 5.92 Å². The van der Waals surface area contributed by atoms with Gasteiger partial charge in [-0.1, -0.05) is 12.8 Å². The van der Waals surface area contributed by atoms with Crippen molar-refractivity contribution in [2.45, 2.75) is 25.7 Å². The van der Waals surface area contributed by atoms with Gasteiger partial charge in [-0.2, -0.15) is 0 Å². The van der Waals surface area contributed by atoms with E-state index in [1.165, 1.54) is 13.2 Å². The third kappa shape index (κ3) is 2.01. The lowest BCUT2D eigenvalue weighted by molar-refractivity contribution is 0.0562. The van der Waals surface area contributed by atoms with Crippen molar-refractivity contribution in [1.82, 2.24) is 0 Å². The Morgan fingerprint density at radius 1 is 1.25 bits per heavy atom. The predicted molar refractivity (Wildman–Crippen MR) is 56.3 cm³/mol. The first-order valence-corrected chi connectivity index (χ1v) is 5.44. The Balaban J connectivity index is 2.11. The molecule has 1 fully saturated rings. The topological polar surface area (TPSA) is 56.5 Å². The predicted octanol–water partition coefficient (Wildman–Crippen LogP) is 2.44. The molecule has 0 spiro atoms. The fraction of sp³-hybridized carbons (Fsp3) is 0.500. The number of hydrogen-bond acceptors (Lipinski definition) is 4. The zero-order valence-corrected chi connectivity index (χ0v) is 9.19. The number of ketones is 1. The first-order chi connectivity index (χ1) is 7.72. The van der Waals surface area contributed by atoms with Crippen LogP contribution < -0.4 is 0 Å². The number of ether oxygens (including phenoxy) is 1. The normalized spacial score (nSPS) is 16.3. The second kappa shape index (κ2) is 4.51. The van der Waals surface area contributed by atoms with Crippen LogP contribution in [0.1, 0.15) is 46.8 Å². The van der Waals surface area contributed by atoms with Crippen molar-refractivity contribution >= 4 is 11.8 Å². The van der Waals surface area contributed by atoms with Crippen LogP contribution in [-0.2, 0) is 4.74 Å². The van der Waals surface area contributed by atoms with Crippen LogP contribution in [0.4, 0.5) is 0 Å². The zero-order valence-electron chi connectivity index (χ0n) is 9.19. The van der Waals surface area contributed by atoms with E-state index in [4.69, 9.17) is 4.42 Å². The number of Topliss-reactive ketones (excluding diaryl/α,β-unsaturated/α-hetero) is 1. The highest BCUT2D eigenvalue weighted by molar-refractivity contribution is 5.97. The average Bonchev–Trinajstić information content (AvgIpc) is 2.97. The van der Waals surface area contributed by atoms with Crippen molar-refractivity contribution in [2.75, 3.05) is 7.11 Å². The number of esters is 1. The molecule has 0 saturated heterocycles. The van der Waals surface area contributed by atoms with Gasteiger partial charge in [-0.15, -0.1) is 0 Å². The number of hydrogen-bond donors (Lipinski definition) is 0. The molecule has 1 heterocycles. The fourth-order valence-corrected chi connectivity index (χ4v) is 2.07. The van der Waals surface area contributed by atoms with E-state index in [0.29, 0.717) is 0 Å². The fourth-order valence-electron chi connectivity index (χ4n) is 2.07. The van der Waals surface area contributed by atoms with E-state index in [9.17, 15) is 9.59 Å². The van der Waals surface area contributed by atoms with E-state index >= 15 is 0 Å². The quantitative estimate of drug-likeness (QED) is 0.582. The standard InChI is InChI=1S/C12H14O4/c1-15-12(14)10-7-6-9(16-10)11(13)8-4-2-3-5-8/h6-8H,2-5H2,1H3. The maximum atomic E-state index is 11.9. The molecule has 4 nitrogen and oxygen atoms in total. The molecule has 2 rings (SSSR count). The molecule has 0 bridgehead atoms. The monoisotopic (exact) mass is 222 g/mol. The lowest BCUT2D eigenvalue weighted by Crippen LogP contribution is -2.10. The summed E-state index contributed by atoms with van der Waals surface area (Å²) in [4.78, 5) is 23.1. The van der Waals surface area contributed by atoms with Gasteiger partial charge in [-0.05, 0) is 25.0 Å². The molecule has 0 atom stereocenters. The van der Waals surface area contributed by atoms with Crippen LogP contribution in [-0.4, -0.2) is 18.9 Å². The lowest BCUT2D eigenvalue weighted by Gasteiger charge is -2.03. The maximum Gasteiger partial charge on any atom is 0.373 e. The third-order valence-corrected chi connectivity index (χ3v) is 2.96. The van der Waals surface area contributed by atoms with Gasteiger partial charge in [0.25, 0.3) is 0 Å². The average molecular weight is 222 g/mol. The Hall–Kier alpha value is -1.58. The summed E-state index contributed by atoms with van der Waals surface area (Å²) in [5.74, 6) is -0.120. The van der Waals surface area contributed by atoms with E-state index in [0.717, 1.165) is 25.7 Å².